The predicted molar refractivity (Wildman–Crippen MR) is 113 cm³/mol. The van der Waals surface area contributed by atoms with Crippen molar-refractivity contribution in [2.45, 2.75) is 0 Å². The summed E-state index contributed by atoms with van der Waals surface area (Å²) in [6.07, 6.45) is 1.84. The average Bonchev–Trinajstić information content (AvgIpc) is 2.74. The van der Waals surface area contributed by atoms with Crippen LogP contribution in [0.2, 0.25) is 5.02 Å². The van der Waals surface area contributed by atoms with E-state index in [4.69, 9.17) is 16.6 Å². The second-order valence-electron chi connectivity index (χ2n) is 6.44. The molecule has 5 aromatic rings. The van der Waals surface area contributed by atoms with Crippen LogP contribution in [-0.2, 0) is 0 Å². The van der Waals surface area contributed by atoms with E-state index < -0.39 is 0 Å². The number of hydrogen-bond acceptors (Lipinski definition) is 2. The molecule has 0 saturated carbocycles. The summed E-state index contributed by atoms with van der Waals surface area (Å²) in [6, 6.07) is 28.5. The molecule has 0 radical (unpaired) electrons. The summed E-state index contributed by atoms with van der Waals surface area (Å²) in [7, 11) is 0. The lowest BCUT2D eigenvalue weighted by molar-refractivity contribution is 1.37. The third-order valence-corrected chi connectivity index (χ3v) is 5.11. The Morgan fingerprint density at radius 3 is 2.04 bits per heavy atom. The topological polar surface area (TPSA) is 25.8 Å². The molecule has 128 valence electrons. The zero-order chi connectivity index (χ0) is 18.2. The number of halogens is 1. The van der Waals surface area contributed by atoms with E-state index in [2.05, 4.69) is 23.2 Å². The molecule has 3 heteroatoms. The number of hydrogen-bond donors (Lipinski definition) is 0. The van der Waals surface area contributed by atoms with E-state index in [0.717, 1.165) is 44.2 Å². The molecule has 0 aliphatic carbocycles. The Morgan fingerprint density at radius 2 is 1.30 bits per heavy atom. The quantitative estimate of drug-likeness (QED) is 0.322. The van der Waals surface area contributed by atoms with E-state index >= 15 is 0 Å². The highest BCUT2D eigenvalue weighted by molar-refractivity contribution is 6.36. The summed E-state index contributed by atoms with van der Waals surface area (Å²) < 4.78 is 0. The maximum absolute atomic E-state index is 6.60. The number of pyridine rings is 2. The minimum Gasteiger partial charge on any atom is -0.254 e. The Bertz CT molecular complexity index is 1270. The minimum atomic E-state index is 0.688. The fourth-order valence-electron chi connectivity index (χ4n) is 3.49. The molecule has 0 aliphatic heterocycles. The molecule has 0 spiro atoms. The number of fused-ring (bicyclic) bond motifs is 3. The Balaban J connectivity index is 1.83. The van der Waals surface area contributed by atoms with Gasteiger partial charge in [0.1, 0.15) is 0 Å². The fourth-order valence-corrected chi connectivity index (χ4v) is 3.74. The van der Waals surface area contributed by atoms with E-state index in [9.17, 15) is 0 Å². The van der Waals surface area contributed by atoms with Gasteiger partial charge in [-0.3, -0.25) is 4.98 Å². The number of nitrogens with zero attached hydrogens (tertiary/aromatic N) is 2. The van der Waals surface area contributed by atoms with Crippen LogP contribution in [0.25, 0.3) is 44.2 Å². The largest absolute Gasteiger partial charge is 0.254 e. The van der Waals surface area contributed by atoms with E-state index in [1.165, 1.54) is 0 Å². The summed E-state index contributed by atoms with van der Waals surface area (Å²) in [5.41, 5.74) is 5.90. The third kappa shape index (κ3) is 2.75. The molecule has 3 aromatic carbocycles. The van der Waals surface area contributed by atoms with E-state index in [0.29, 0.717) is 5.02 Å². The highest BCUT2D eigenvalue weighted by Crippen LogP contribution is 2.35. The van der Waals surface area contributed by atoms with E-state index in [1.54, 1.807) is 0 Å². The second kappa shape index (κ2) is 6.49. The first-order valence-corrected chi connectivity index (χ1v) is 9.18. The molecule has 0 N–H and O–H groups in total. The summed E-state index contributed by atoms with van der Waals surface area (Å²) in [5.74, 6) is 0. The van der Waals surface area contributed by atoms with Crippen LogP contribution in [0.15, 0.2) is 91.1 Å². The van der Waals surface area contributed by atoms with E-state index in [1.807, 2.05) is 72.9 Å². The van der Waals surface area contributed by atoms with Gasteiger partial charge in [0.15, 0.2) is 0 Å². The Kier molecular flexibility index (Phi) is 3.84. The van der Waals surface area contributed by atoms with E-state index in [-0.39, 0.29) is 0 Å². The van der Waals surface area contributed by atoms with Gasteiger partial charge in [-0.2, -0.15) is 0 Å². The summed E-state index contributed by atoms with van der Waals surface area (Å²) in [4.78, 5) is 9.57. The van der Waals surface area contributed by atoms with Gasteiger partial charge in [-0.05, 0) is 23.3 Å². The molecule has 2 heterocycles. The molecule has 0 amide bonds. The Hall–Kier alpha value is -3.23. The molecule has 0 bridgehead atoms. The molecule has 0 aliphatic rings. The van der Waals surface area contributed by atoms with Gasteiger partial charge >= 0.3 is 0 Å². The number of rotatable bonds is 2. The maximum atomic E-state index is 6.60. The van der Waals surface area contributed by atoms with Gasteiger partial charge in [-0.15, -0.1) is 0 Å². The summed E-state index contributed by atoms with van der Waals surface area (Å²) in [6.45, 7) is 0. The lowest BCUT2D eigenvalue weighted by Gasteiger charge is -2.11. The van der Waals surface area contributed by atoms with Gasteiger partial charge in [0.25, 0.3) is 0 Å². The normalized spacial score (nSPS) is 11.1. The van der Waals surface area contributed by atoms with Crippen LogP contribution in [0.1, 0.15) is 0 Å². The molecule has 0 fully saturated rings. The van der Waals surface area contributed by atoms with Crippen molar-refractivity contribution in [2.24, 2.45) is 0 Å². The molecule has 2 nitrogen and oxygen atoms in total. The molecule has 2 aromatic heterocycles. The zero-order valence-corrected chi connectivity index (χ0v) is 15.2. The SMILES string of the molecule is Clc1cc(-c2ccccc2)nc2c1ccc1c(-c3ccccc3)ccnc12. The van der Waals surface area contributed by atoms with Crippen molar-refractivity contribution in [1.29, 1.82) is 0 Å². The molecule has 27 heavy (non-hydrogen) atoms. The summed E-state index contributed by atoms with van der Waals surface area (Å²) >= 11 is 6.60. The van der Waals surface area contributed by atoms with Gasteiger partial charge in [-0.1, -0.05) is 84.4 Å². The summed E-state index contributed by atoms with van der Waals surface area (Å²) in [5, 5.41) is 2.68. The lowest BCUT2D eigenvalue weighted by atomic mass is 9.99. The Morgan fingerprint density at radius 1 is 0.630 bits per heavy atom. The van der Waals surface area contributed by atoms with Crippen LogP contribution in [-0.4, -0.2) is 9.97 Å². The van der Waals surface area contributed by atoms with Crippen molar-refractivity contribution in [2.75, 3.05) is 0 Å². The smallest absolute Gasteiger partial charge is 0.0987 e. The first-order chi connectivity index (χ1) is 13.3. The fraction of sp³-hybridized carbons (Fsp3) is 0. The third-order valence-electron chi connectivity index (χ3n) is 4.79. The van der Waals surface area contributed by atoms with Crippen molar-refractivity contribution in [3.05, 3.63) is 96.1 Å². The number of benzene rings is 3. The van der Waals surface area contributed by atoms with Gasteiger partial charge in [0, 0.05) is 22.5 Å². The molecule has 5 rings (SSSR count). The molecule has 0 unspecified atom stereocenters. The first kappa shape index (κ1) is 16.0. The van der Waals surface area contributed by atoms with Crippen LogP contribution in [0.4, 0.5) is 0 Å². The molecule has 0 atom stereocenters. The molecular weight excluding hydrogens is 352 g/mol. The van der Waals surface area contributed by atoms with Crippen molar-refractivity contribution in [3.63, 3.8) is 0 Å². The van der Waals surface area contributed by atoms with Gasteiger partial charge in [0.05, 0.1) is 21.7 Å². The highest BCUT2D eigenvalue weighted by Gasteiger charge is 2.12. The molecule has 0 saturated heterocycles. The second-order valence-corrected chi connectivity index (χ2v) is 6.84. The van der Waals surface area contributed by atoms with Crippen LogP contribution >= 0.6 is 11.6 Å². The first-order valence-electron chi connectivity index (χ1n) is 8.80. The van der Waals surface area contributed by atoms with Gasteiger partial charge in [-0.25, -0.2) is 4.98 Å². The average molecular weight is 367 g/mol. The van der Waals surface area contributed by atoms with Crippen molar-refractivity contribution < 1.29 is 0 Å². The van der Waals surface area contributed by atoms with Crippen molar-refractivity contribution in [3.8, 4) is 22.4 Å². The molecular formula is C24H15ClN2. The zero-order valence-electron chi connectivity index (χ0n) is 14.4. The monoisotopic (exact) mass is 366 g/mol. The lowest BCUT2D eigenvalue weighted by Crippen LogP contribution is -1.91. The van der Waals surface area contributed by atoms with Crippen LogP contribution in [0, 0.1) is 0 Å². The standard InChI is InChI=1S/C24H15ClN2/c25-21-15-22(17-9-5-2-6-10-17)27-24-20(21)12-11-19-18(13-14-26-23(19)24)16-7-3-1-4-8-16/h1-15H. The van der Waals surface area contributed by atoms with Crippen molar-refractivity contribution >= 4 is 33.4 Å². The Labute approximate surface area is 162 Å². The van der Waals surface area contributed by atoms with Gasteiger partial charge in [0.2, 0.25) is 0 Å². The van der Waals surface area contributed by atoms with Crippen molar-refractivity contribution in [1.82, 2.24) is 9.97 Å². The van der Waals surface area contributed by atoms with Gasteiger partial charge < -0.3 is 0 Å². The maximum Gasteiger partial charge on any atom is 0.0987 e. The predicted octanol–water partition coefficient (Wildman–Crippen LogP) is 6.77. The van der Waals surface area contributed by atoms with Crippen LogP contribution in [0.3, 0.4) is 0 Å². The van der Waals surface area contributed by atoms with Crippen LogP contribution in [0.5, 0.6) is 0 Å². The number of aromatic nitrogens is 2. The van der Waals surface area contributed by atoms with Crippen LogP contribution < -0.4 is 0 Å². The highest BCUT2D eigenvalue weighted by atomic mass is 35.5. The minimum absolute atomic E-state index is 0.688.